The molecule has 0 radical (unpaired) electrons. The summed E-state index contributed by atoms with van der Waals surface area (Å²) in [6, 6.07) is 0.289. The fourth-order valence-electron chi connectivity index (χ4n) is 1.26. The maximum absolute atomic E-state index is 5.58. The van der Waals surface area contributed by atoms with Crippen molar-refractivity contribution >= 4 is 11.9 Å². The summed E-state index contributed by atoms with van der Waals surface area (Å²) in [6.45, 7) is 4.09. The highest BCUT2D eigenvalue weighted by Crippen LogP contribution is 2.13. The number of nitrogens with two attached hydrogens (primary N) is 1. The first-order valence-electron chi connectivity index (χ1n) is 5.38. The molecule has 1 unspecified atom stereocenters. The second kappa shape index (κ2) is 5.48. The first kappa shape index (κ1) is 12.5. The number of hydrogen-bond acceptors (Lipinski definition) is 6. The van der Waals surface area contributed by atoms with Gasteiger partial charge in [0, 0.05) is 14.1 Å². The predicted molar refractivity (Wildman–Crippen MR) is 63.6 cm³/mol. The van der Waals surface area contributed by atoms with Crippen LogP contribution in [0.4, 0.5) is 11.9 Å². The summed E-state index contributed by atoms with van der Waals surface area (Å²) in [4.78, 5) is 13.8. The van der Waals surface area contributed by atoms with E-state index in [0.717, 1.165) is 12.8 Å². The molecular weight excluding hydrogens is 206 g/mol. The average Bonchev–Trinajstić information content (AvgIpc) is 2.16. The van der Waals surface area contributed by atoms with Gasteiger partial charge in [-0.05, 0) is 13.3 Å². The highest BCUT2D eigenvalue weighted by Gasteiger charge is 2.10. The molecule has 1 aromatic heterocycles. The minimum Gasteiger partial charge on any atom is -0.460 e. The minimum absolute atomic E-state index is 0.0850. The molecular formula is C10H19N5O. The Bertz CT molecular complexity index is 342. The summed E-state index contributed by atoms with van der Waals surface area (Å²) in [5.41, 5.74) is 5.58. The lowest BCUT2D eigenvalue weighted by Gasteiger charge is -2.14. The molecule has 1 atom stereocenters. The van der Waals surface area contributed by atoms with Crippen molar-refractivity contribution in [3.05, 3.63) is 0 Å². The third kappa shape index (κ3) is 3.52. The molecule has 1 heterocycles. The van der Waals surface area contributed by atoms with Crippen LogP contribution in [-0.4, -0.2) is 35.2 Å². The van der Waals surface area contributed by atoms with Gasteiger partial charge in [0.1, 0.15) is 0 Å². The Labute approximate surface area is 95.9 Å². The van der Waals surface area contributed by atoms with E-state index in [4.69, 9.17) is 10.5 Å². The van der Waals surface area contributed by atoms with Crippen LogP contribution < -0.4 is 15.4 Å². The van der Waals surface area contributed by atoms with Crippen molar-refractivity contribution in [1.82, 2.24) is 15.0 Å². The third-order valence-corrected chi connectivity index (χ3v) is 2.02. The van der Waals surface area contributed by atoms with E-state index >= 15 is 0 Å². The summed E-state index contributed by atoms with van der Waals surface area (Å²) in [7, 11) is 3.68. The molecule has 0 amide bonds. The summed E-state index contributed by atoms with van der Waals surface area (Å²) in [5, 5.41) is 0. The lowest BCUT2D eigenvalue weighted by molar-refractivity contribution is 0.192. The Morgan fingerprint density at radius 1 is 1.31 bits per heavy atom. The fourth-order valence-corrected chi connectivity index (χ4v) is 1.26. The number of ether oxygens (including phenoxy) is 1. The van der Waals surface area contributed by atoms with E-state index in [1.807, 2.05) is 21.0 Å². The third-order valence-electron chi connectivity index (χ3n) is 2.02. The number of rotatable bonds is 5. The summed E-state index contributed by atoms with van der Waals surface area (Å²) >= 11 is 0. The van der Waals surface area contributed by atoms with Crippen molar-refractivity contribution in [3.63, 3.8) is 0 Å². The number of hydrogen-bond donors (Lipinski definition) is 1. The lowest BCUT2D eigenvalue weighted by atomic mass is 10.2. The second-order valence-electron chi connectivity index (χ2n) is 3.89. The molecule has 6 heteroatoms. The van der Waals surface area contributed by atoms with Gasteiger partial charge in [-0.15, -0.1) is 0 Å². The lowest BCUT2D eigenvalue weighted by Crippen LogP contribution is -2.18. The minimum atomic E-state index is 0.0850. The molecule has 0 saturated carbocycles. The summed E-state index contributed by atoms with van der Waals surface area (Å²) in [5.74, 6) is 0.684. The Morgan fingerprint density at radius 2 is 2.00 bits per heavy atom. The van der Waals surface area contributed by atoms with Crippen LogP contribution in [0.2, 0.25) is 0 Å². The molecule has 0 aliphatic carbocycles. The van der Waals surface area contributed by atoms with Gasteiger partial charge >= 0.3 is 6.01 Å². The molecule has 16 heavy (non-hydrogen) atoms. The van der Waals surface area contributed by atoms with Crippen LogP contribution in [0, 0.1) is 0 Å². The normalized spacial score (nSPS) is 12.2. The zero-order valence-corrected chi connectivity index (χ0v) is 10.3. The van der Waals surface area contributed by atoms with Crippen LogP contribution in [0.1, 0.15) is 26.7 Å². The van der Waals surface area contributed by atoms with Crippen LogP contribution in [0.5, 0.6) is 6.01 Å². The second-order valence-corrected chi connectivity index (χ2v) is 3.89. The Hall–Kier alpha value is -1.59. The first-order valence-corrected chi connectivity index (χ1v) is 5.38. The van der Waals surface area contributed by atoms with Crippen LogP contribution in [0.25, 0.3) is 0 Å². The molecule has 0 bridgehead atoms. The van der Waals surface area contributed by atoms with Gasteiger partial charge in [-0.3, -0.25) is 0 Å². The number of aromatic nitrogens is 3. The molecule has 6 nitrogen and oxygen atoms in total. The van der Waals surface area contributed by atoms with Crippen molar-refractivity contribution < 1.29 is 4.74 Å². The zero-order valence-electron chi connectivity index (χ0n) is 10.3. The van der Waals surface area contributed by atoms with E-state index in [1.165, 1.54) is 0 Å². The van der Waals surface area contributed by atoms with Crippen LogP contribution >= 0.6 is 0 Å². The highest BCUT2D eigenvalue weighted by atomic mass is 16.5. The van der Waals surface area contributed by atoms with E-state index in [1.54, 1.807) is 4.90 Å². The van der Waals surface area contributed by atoms with Crippen LogP contribution in [-0.2, 0) is 0 Å². The van der Waals surface area contributed by atoms with Gasteiger partial charge in [0.05, 0.1) is 6.10 Å². The largest absolute Gasteiger partial charge is 0.460 e. The highest BCUT2D eigenvalue weighted by molar-refractivity contribution is 5.33. The molecule has 0 aliphatic heterocycles. The average molecular weight is 225 g/mol. The summed E-state index contributed by atoms with van der Waals surface area (Å²) < 4.78 is 5.56. The zero-order chi connectivity index (χ0) is 12.1. The Balaban J connectivity index is 2.80. The van der Waals surface area contributed by atoms with E-state index in [2.05, 4.69) is 21.9 Å². The standard InChI is InChI=1S/C10H19N5O/c1-5-6-7(2)16-10-13-8(11)12-9(14-10)15(3)4/h7H,5-6H2,1-4H3,(H2,11,12,13,14). The van der Waals surface area contributed by atoms with Gasteiger partial charge in [0.2, 0.25) is 11.9 Å². The molecule has 0 fully saturated rings. The van der Waals surface area contributed by atoms with Gasteiger partial charge < -0.3 is 15.4 Å². The molecule has 1 rings (SSSR count). The molecule has 0 aliphatic rings. The van der Waals surface area contributed by atoms with Gasteiger partial charge in [0.25, 0.3) is 0 Å². The monoisotopic (exact) mass is 225 g/mol. The smallest absolute Gasteiger partial charge is 0.323 e. The Kier molecular flexibility index (Phi) is 4.28. The van der Waals surface area contributed by atoms with E-state index < -0.39 is 0 Å². The maximum atomic E-state index is 5.58. The molecule has 1 aromatic rings. The van der Waals surface area contributed by atoms with Crippen molar-refractivity contribution in [3.8, 4) is 6.01 Å². The van der Waals surface area contributed by atoms with Crippen molar-refractivity contribution in [2.24, 2.45) is 0 Å². The van der Waals surface area contributed by atoms with Gasteiger partial charge in [-0.2, -0.15) is 15.0 Å². The number of nitrogens with zero attached hydrogens (tertiary/aromatic N) is 4. The van der Waals surface area contributed by atoms with Crippen molar-refractivity contribution in [2.75, 3.05) is 24.7 Å². The van der Waals surface area contributed by atoms with E-state index in [9.17, 15) is 0 Å². The number of nitrogen functional groups attached to an aromatic ring is 1. The molecule has 0 spiro atoms. The van der Waals surface area contributed by atoms with Crippen molar-refractivity contribution in [1.29, 1.82) is 0 Å². The van der Waals surface area contributed by atoms with Crippen LogP contribution in [0.15, 0.2) is 0 Å². The maximum Gasteiger partial charge on any atom is 0.323 e. The predicted octanol–water partition coefficient (Wildman–Crippen LogP) is 1.09. The first-order chi connectivity index (χ1) is 7.52. The summed E-state index contributed by atoms with van der Waals surface area (Å²) in [6.07, 6.45) is 2.10. The van der Waals surface area contributed by atoms with E-state index in [0.29, 0.717) is 5.95 Å². The number of anilines is 2. The van der Waals surface area contributed by atoms with E-state index in [-0.39, 0.29) is 18.1 Å². The molecule has 90 valence electrons. The fraction of sp³-hybridized carbons (Fsp3) is 0.700. The SMILES string of the molecule is CCCC(C)Oc1nc(N)nc(N(C)C)n1. The van der Waals surface area contributed by atoms with Gasteiger partial charge in [-0.25, -0.2) is 0 Å². The van der Waals surface area contributed by atoms with Crippen LogP contribution in [0.3, 0.4) is 0 Å². The molecule has 0 saturated heterocycles. The quantitative estimate of drug-likeness (QED) is 0.808. The van der Waals surface area contributed by atoms with Crippen molar-refractivity contribution in [2.45, 2.75) is 32.8 Å². The molecule has 0 aromatic carbocycles. The van der Waals surface area contributed by atoms with Gasteiger partial charge in [0.15, 0.2) is 0 Å². The van der Waals surface area contributed by atoms with Gasteiger partial charge in [-0.1, -0.05) is 13.3 Å². The topological polar surface area (TPSA) is 77.2 Å². The Morgan fingerprint density at radius 3 is 2.56 bits per heavy atom. The molecule has 2 N–H and O–H groups in total.